The normalized spacial score (nSPS) is 15.9. The van der Waals surface area contributed by atoms with Crippen LogP contribution in [0.3, 0.4) is 0 Å². The number of nitrogens with one attached hydrogen (secondary N) is 1. The Bertz CT molecular complexity index is 477. The molecule has 0 aliphatic carbocycles. The predicted molar refractivity (Wildman–Crippen MR) is 80.3 cm³/mol. The summed E-state index contributed by atoms with van der Waals surface area (Å²) in [4.78, 5) is 18.3. The number of hydrogen-bond donors (Lipinski definition) is 2. The molecule has 2 rings (SSSR count). The zero-order valence-electron chi connectivity index (χ0n) is 11.4. The Kier molecular flexibility index (Phi) is 5.33. The van der Waals surface area contributed by atoms with Crippen LogP contribution in [0, 0.1) is 5.92 Å². The zero-order valence-corrected chi connectivity index (χ0v) is 13.0. The van der Waals surface area contributed by atoms with Crippen molar-refractivity contribution in [1.29, 1.82) is 0 Å². The van der Waals surface area contributed by atoms with Gasteiger partial charge in [-0.2, -0.15) is 0 Å². The van der Waals surface area contributed by atoms with Crippen LogP contribution in [0.15, 0.2) is 16.7 Å². The maximum atomic E-state index is 12.5. The Morgan fingerprint density at radius 1 is 1.60 bits per heavy atom. The molecule has 20 heavy (non-hydrogen) atoms. The maximum Gasteiger partial charge on any atom is 0.257 e. The minimum atomic E-state index is -0.0850. The van der Waals surface area contributed by atoms with Crippen molar-refractivity contribution in [3.05, 3.63) is 22.3 Å². The Hall–Kier alpha value is -1.18. The van der Waals surface area contributed by atoms with Gasteiger partial charge >= 0.3 is 0 Å². The third-order valence-electron chi connectivity index (χ3n) is 3.44. The van der Waals surface area contributed by atoms with Crippen LogP contribution >= 0.6 is 15.9 Å². The number of nitrogen functional groups attached to an aromatic ring is 1. The second kappa shape index (κ2) is 7.01. The molecule has 1 aliphatic rings. The molecule has 7 heteroatoms. The lowest BCUT2D eigenvalue weighted by molar-refractivity contribution is 0.0497. The maximum absolute atomic E-state index is 12.5. The molecule has 2 heterocycles. The van der Waals surface area contributed by atoms with Crippen LogP contribution in [-0.2, 0) is 4.74 Å². The van der Waals surface area contributed by atoms with Crippen molar-refractivity contribution in [1.82, 2.24) is 9.88 Å². The van der Waals surface area contributed by atoms with Gasteiger partial charge in [0.1, 0.15) is 0 Å². The summed E-state index contributed by atoms with van der Waals surface area (Å²) in [5, 5.41) is 0. The number of hydrazine groups is 1. The molecule has 1 aromatic heterocycles. The average molecular weight is 343 g/mol. The highest BCUT2D eigenvalue weighted by molar-refractivity contribution is 9.10. The van der Waals surface area contributed by atoms with Gasteiger partial charge < -0.3 is 15.1 Å². The average Bonchev–Trinajstić information content (AvgIpc) is 2.47. The van der Waals surface area contributed by atoms with Crippen molar-refractivity contribution in [2.45, 2.75) is 12.8 Å². The van der Waals surface area contributed by atoms with Crippen LogP contribution in [0.5, 0.6) is 0 Å². The second-order valence-electron chi connectivity index (χ2n) is 4.94. The molecular formula is C13H19BrN4O2. The number of nitrogens with zero attached hydrogens (tertiary/aromatic N) is 2. The number of nitrogens with two attached hydrogens (primary N) is 1. The number of carbonyl (C=O) groups is 1. The highest BCUT2D eigenvalue weighted by Crippen LogP contribution is 2.21. The molecule has 1 aliphatic heterocycles. The largest absolute Gasteiger partial charge is 0.381 e. The Balaban J connectivity index is 2.07. The van der Waals surface area contributed by atoms with Gasteiger partial charge in [0.25, 0.3) is 5.91 Å². The number of halogens is 1. The Labute approximate surface area is 126 Å². The van der Waals surface area contributed by atoms with Crippen molar-refractivity contribution in [3.8, 4) is 0 Å². The van der Waals surface area contributed by atoms with E-state index in [9.17, 15) is 4.79 Å². The first kappa shape index (κ1) is 15.2. The van der Waals surface area contributed by atoms with Gasteiger partial charge in [-0.1, -0.05) is 0 Å². The standard InChI is InChI=1S/C13H19BrN4O2/c1-18(8-9-2-4-20-5-3-9)13(19)11-6-10(14)7-16-12(11)17-15/h6-7,9H,2-5,8,15H2,1H3,(H,16,17). The molecule has 0 spiro atoms. The molecule has 3 N–H and O–H groups in total. The minimum Gasteiger partial charge on any atom is -0.381 e. The lowest BCUT2D eigenvalue weighted by atomic mass is 9.99. The highest BCUT2D eigenvalue weighted by atomic mass is 79.9. The smallest absolute Gasteiger partial charge is 0.257 e. The molecule has 110 valence electrons. The number of hydrogen-bond acceptors (Lipinski definition) is 5. The summed E-state index contributed by atoms with van der Waals surface area (Å²) >= 11 is 3.32. The van der Waals surface area contributed by atoms with Crippen LogP contribution < -0.4 is 11.3 Å². The highest BCUT2D eigenvalue weighted by Gasteiger charge is 2.21. The molecule has 0 bridgehead atoms. The molecule has 1 amide bonds. The van der Waals surface area contributed by atoms with Crippen LogP contribution in [0.2, 0.25) is 0 Å². The fourth-order valence-electron chi connectivity index (χ4n) is 2.32. The quantitative estimate of drug-likeness (QED) is 0.642. The lowest BCUT2D eigenvalue weighted by Crippen LogP contribution is -2.34. The number of carbonyl (C=O) groups excluding carboxylic acids is 1. The Morgan fingerprint density at radius 2 is 2.30 bits per heavy atom. The summed E-state index contributed by atoms with van der Waals surface area (Å²) in [7, 11) is 1.80. The van der Waals surface area contributed by atoms with Crippen molar-refractivity contribution in [2.24, 2.45) is 11.8 Å². The molecule has 0 saturated carbocycles. The molecule has 1 saturated heterocycles. The van der Waals surface area contributed by atoms with E-state index in [0.29, 0.717) is 17.3 Å². The van der Waals surface area contributed by atoms with Gasteiger partial charge in [0.2, 0.25) is 0 Å². The molecule has 0 aromatic carbocycles. The number of aromatic nitrogens is 1. The second-order valence-corrected chi connectivity index (χ2v) is 5.85. The molecular weight excluding hydrogens is 324 g/mol. The van der Waals surface area contributed by atoms with Gasteiger partial charge in [-0.15, -0.1) is 0 Å². The molecule has 0 radical (unpaired) electrons. The first-order valence-corrected chi connectivity index (χ1v) is 7.36. The van der Waals surface area contributed by atoms with Crippen LogP contribution in [0.25, 0.3) is 0 Å². The number of anilines is 1. The van der Waals surface area contributed by atoms with E-state index in [0.717, 1.165) is 37.1 Å². The van der Waals surface area contributed by atoms with E-state index in [1.165, 1.54) is 0 Å². The first-order valence-electron chi connectivity index (χ1n) is 6.57. The molecule has 1 aromatic rings. The van der Waals surface area contributed by atoms with Gasteiger partial charge in [0, 0.05) is 37.5 Å². The number of amides is 1. The van der Waals surface area contributed by atoms with E-state index in [4.69, 9.17) is 10.6 Å². The van der Waals surface area contributed by atoms with Crippen LogP contribution in [0.1, 0.15) is 23.2 Å². The third kappa shape index (κ3) is 3.68. The molecule has 0 unspecified atom stereocenters. The summed E-state index contributed by atoms with van der Waals surface area (Å²) in [5.74, 6) is 6.20. The van der Waals surface area contributed by atoms with Gasteiger partial charge in [-0.05, 0) is 40.8 Å². The van der Waals surface area contributed by atoms with Crippen molar-refractivity contribution < 1.29 is 9.53 Å². The number of ether oxygens (including phenoxy) is 1. The van der Waals surface area contributed by atoms with E-state index in [-0.39, 0.29) is 5.91 Å². The summed E-state index contributed by atoms with van der Waals surface area (Å²) in [6.45, 7) is 2.28. The van der Waals surface area contributed by atoms with E-state index < -0.39 is 0 Å². The van der Waals surface area contributed by atoms with Gasteiger partial charge in [0.05, 0.1) is 5.56 Å². The lowest BCUT2D eigenvalue weighted by Gasteiger charge is -2.27. The number of rotatable bonds is 4. The van der Waals surface area contributed by atoms with Crippen LogP contribution in [0.4, 0.5) is 5.82 Å². The third-order valence-corrected chi connectivity index (χ3v) is 3.87. The monoisotopic (exact) mass is 342 g/mol. The first-order chi connectivity index (χ1) is 9.61. The van der Waals surface area contributed by atoms with Crippen molar-refractivity contribution in [3.63, 3.8) is 0 Å². The van der Waals surface area contributed by atoms with E-state index in [2.05, 4.69) is 26.3 Å². The van der Waals surface area contributed by atoms with E-state index in [1.807, 2.05) is 0 Å². The fourth-order valence-corrected chi connectivity index (χ4v) is 2.65. The topological polar surface area (TPSA) is 80.5 Å². The number of pyridine rings is 1. The fraction of sp³-hybridized carbons (Fsp3) is 0.538. The molecule has 1 fully saturated rings. The summed E-state index contributed by atoms with van der Waals surface area (Å²) in [5.41, 5.74) is 2.93. The van der Waals surface area contributed by atoms with Gasteiger partial charge in [-0.3, -0.25) is 4.79 Å². The van der Waals surface area contributed by atoms with Crippen molar-refractivity contribution >= 4 is 27.7 Å². The summed E-state index contributed by atoms with van der Waals surface area (Å²) in [6, 6.07) is 1.73. The predicted octanol–water partition coefficient (Wildman–Crippen LogP) is 1.63. The zero-order chi connectivity index (χ0) is 14.5. The molecule has 0 atom stereocenters. The minimum absolute atomic E-state index is 0.0850. The van der Waals surface area contributed by atoms with E-state index in [1.54, 1.807) is 24.2 Å². The van der Waals surface area contributed by atoms with Crippen LogP contribution in [-0.4, -0.2) is 42.6 Å². The summed E-state index contributed by atoms with van der Waals surface area (Å²) < 4.78 is 6.08. The van der Waals surface area contributed by atoms with Gasteiger partial charge in [0.15, 0.2) is 5.82 Å². The summed E-state index contributed by atoms with van der Waals surface area (Å²) in [6.07, 6.45) is 3.59. The van der Waals surface area contributed by atoms with Crippen molar-refractivity contribution in [2.75, 3.05) is 32.2 Å². The SMILES string of the molecule is CN(CC1CCOCC1)C(=O)c1cc(Br)cnc1NN. The Morgan fingerprint density at radius 3 is 2.95 bits per heavy atom. The van der Waals surface area contributed by atoms with Gasteiger partial charge in [-0.25, -0.2) is 10.8 Å². The molecule has 6 nitrogen and oxygen atoms in total. The van der Waals surface area contributed by atoms with E-state index >= 15 is 0 Å².